The van der Waals surface area contributed by atoms with Gasteiger partial charge in [-0.15, -0.1) is 0 Å². The summed E-state index contributed by atoms with van der Waals surface area (Å²) >= 11 is -2.08. The van der Waals surface area contributed by atoms with Gasteiger partial charge in [-0.05, 0) is 56.4 Å². The molecule has 0 amide bonds. The van der Waals surface area contributed by atoms with Gasteiger partial charge < -0.3 is 24.8 Å². The standard InChI is InChI=1S/C27H28FN5O3S/c1-32(2)20-10-11-33(15-20)25-9-7-19(14-30-25)31-26-18(16-37(35)36)13-29-24-8-6-17(12-22(24)26)21-4-3-5-23(28)27(21)34/h3-9,12-14,20,34H,10-11,15-16H2,1-2H3,(H,29,31)(H,35,36). The highest BCUT2D eigenvalue weighted by atomic mass is 32.2. The number of hydrogen-bond donors (Lipinski definition) is 3. The number of para-hydroxylation sites is 1. The molecule has 2 aromatic carbocycles. The van der Waals surface area contributed by atoms with Gasteiger partial charge in [0.2, 0.25) is 0 Å². The van der Waals surface area contributed by atoms with Crippen molar-refractivity contribution < 1.29 is 18.3 Å². The monoisotopic (exact) mass is 521 g/mol. The number of halogens is 1. The van der Waals surface area contributed by atoms with E-state index in [9.17, 15) is 18.3 Å². The minimum Gasteiger partial charge on any atom is -0.504 e. The Morgan fingerprint density at radius 1 is 1.16 bits per heavy atom. The van der Waals surface area contributed by atoms with Gasteiger partial charge in [-0.2, -0.15) is 0 Å². The van der Waals surface area contributed by atoms with Crippen LogP contribution in [0.15, 0.2) is 60.9 Å². The van der Waals surface area contributed by atoms with Gasteiger partial charge >= 0.3 is 0 Å². The molecule has 37 heavy (non-hydrogen) atoms. The first-order valence-electron chi connectivity index (χ1n) is 11.9. The van der Waals surface area contributed by atoms with Gasteiger partial charge in [0, 0.05) is 41.8 Å². The Hall–Kier alpha value is -3.60. The van der Waals surface area contributed by atoms with Crippen LogP contribution >= 0.6 is 0 Å². The SMILES string of the molecule is CN(C)C1CCN(c2ccc(Nc3c(CS(=O)O)cnc4ccc(-c5cccc(F)c5O)cc34)cn2)C1. The molecule has 3 heterocycles. The van der Waals surface area contributed by atoms with Gasteiger partial charge in [-0.1, -0.05) is 18.2 Å². The Morgan fingerprint density at radius 3 is 2.70 bits per heavy atom. The third-order valence-corrected chi connectivity index (χ3v) is 7.32. The molecule has 0 aliphatic carbocycles. The second-order valence-electron chi connectivity index (χ2n) is 9.37. The molecular formula is C27H28FN5O3S. The summed E-state index contributed by atoms with van der Waals surface area (Å²) in [6.07, 6.45) is 4.40. The van der Waals surface area contributed by atoms with E-state index >= 15 is 0 Å². The number of fused-ring (bicyclic) bond motifs is 1. The van der Waals surface area contributed by atoms with Crippen LogP contribution in [-0.2, 0) is 16.8 Å². The third kappa shape index (κ3) is 5.27. The molecule has 0 radical (unpaired) electrons. The zero-order valence-electron chi connectivity index (χ0n) is 20.6. The lowest BCUT2D eigenvalue weighted by Gasteiger charge is -2.21. The van der Waals surface area contributed by atoms with Crippen molar-refractivity contribution in [2.45, 2.75) is 18.2 Å². The molecule has 2 atom stereocenters. The average Bonchev–Trinajstić information content (AvgIpc) is 3.38. The largest absolute Gasteiger partial charge is 0.504 e. The van der Waals surface area contributed by atoms with E-state index in [2.05, 4.69) is 39.2 Å². The van der Waals surface area contributed by atoms with E-state index in [1.54, 1.807) is 36.7 Å². The number of hydrogen-bond acceptors (Lipinski definition) is 7. The second-order valence-corrected chi connectivity index (χ2v) is 10.3. The van der Waals surface area contributed by atoms with Crippen LogP contribution in [0, 0.1) is 5.82 Å². The normalized spacial score (nSPS) is 16.5. The van der Waals surface area contributed by atoms with Gasteiger partial charge in [-0.25, -0.2) is 13.6 Å². The molecule has 3 N–H and O–H groups in total. The van der Waals surface area contributed by atoms with Crippen molar-refractivity contribution in [3.8, 4) is 16.9 Å². The Kier molecular flexibility index (Phi) is 7.05. The van der Waals surface area contributed by atoms with Crippen LogP contribution < -0.4 is 10.2 Å². The highest BCUT2D eigenvalue weighted by molar-refractivity contribution is 7.78. The van der Waals surface area contributed by atoms with E-state index in [1.165, 1.54) is 12.1 Å². The first kappa shape index (κ1) is 25.1. The summed E-state index contributed by atoms with van der Waals surface area (Å²) in [6.45, 7) is 1.86. The molecule has 1 aliphatic rings. The minimum atomic E-state index is -2.08. The summed E-state index contributed by atoms with van der Waals surface area (Å²) in [7, 11) is 4.18. The Balaban J connectivity index is 1.51. The van der Waals surface area contributed by atoms with Crippen LogP contribution in [0.25, 0.3) is 22.0 Å². The maximum atomic E-state index is 14.0. The van der Waals surface area contributed by atoms with Crippen molar-refractivity contribution in [1.82, 2.24) is 14.9 Å². The van der Waals surface area contributed by atoms with Crippen molar-refractivity contribution in [2.24, 2.45) is 0 Å². The first-order valence-corrected chi connectivity index (χ1v) is 13.2. The average molecular weight is 522 g/mol. The molecule has 0 bridgehead atoms. The van der Waals surface area contributed by atoms with E-state index in [-0.39, 0.29) is 5.75 Å². The summed E-state index contributed by atoms with van der Waals surface area (Å²) in [5, 5.41) is 14.3. The second kappa shape index (κ2) is 10.4. The zero-order chi connectivity index (χ0) is 26.1. The molecule has 1 aliphatic heterocycles. The first-order chi connectivity index (χ1) is 17.8. The van der Waals surface area contributed by atoms with Crippen LogP contribution in [0.1, 0.15) is 12.0 Å². The van der Waals surface area contributed by atoms with E-state index in [1.807, 2.05) is 12.1 Å². The molecule has 1 fully saturated rings. The fourth-order valence-electron chi connectivity index (χ4n) is 4.70. The predicted molar refractivity (Wildman–Crippen MR) is 145 cm³/mol. The Morgan fingerprint density at radius 2 is 2.00 bits per heavy atom. The van der Waals surface area contributed by atoms with Gasteiger partial charge in [0.25, 0.3) is 0 Å². The molecule has 0 saturated carbocycles. The molecule has 192 valence electrons. The maximum Gasteiger partial charge on any atom is 0.165 e. The number of pyridine rings is 2. The topological polar surface area (TPSA) is 102 Å². The van der Waals surface area contributed by atoms with E-state index in [0.29, 0.717) is 45.0 Å². The Labute approximate surface area is 217 Å². The van der Waals surface area contributed by atoms with Gasteiger partial charge in [0.05, 0.1) is 28.8 Å². The molecule has 0 spiro atoms. The summed E-state index contributed by atoms with van der Waals surface area (Å²) < 4.78 is 35.3. The molecule has 1 saturated heterocycles. The van der Waals surface area contributed by atoms with E-state index < -0.39 is 22.6 Å². The highest BCUT2D eigenvalue weighted by Crippen LogP contribution is 2.36. The Bertz CT molecular complexity index is 1460. The van der Waals surface area contributed by atoms with Crippen molar-refractivity contribution in [3.63, 3.8) is 0 Å². The summed E-state index contributed by atoms with van der Waals surface area (Å²) in [5.74, 6) is -0.365. The number of nitrogens with one attached hydrogen (secondary N) is 1. The fourth-order valence-corrected chi connectivity index (χ4v) is 5.19. The summed E-state index contributed by atoms with van der Waals surface area (Å²) in [5.41, 5.74) is 3.45. The molecule has 4 aromatic rings. The minimum absolute atomic E-state index is 0.119. The van der Waals surface area contributed by atoms with Crippen molar-refractivity contribution in [1.29, 1.82) is 0 Å². The van der Waals surface area contributed by atoms with Crippen LogP contribution in [0.4, 0.5) is 21.6 Å². The van der Waals surface area contributed by atoms with E-state index in [0.717, 1.165) is 25.3 Å². The molecule has 5 rings (SSSR count). The summed E-state index contributed by atoms with van der Waals surface area (Å²) in [4.78, 5) is 13.6. The molecule has 8 nitrogen and oxygen atoms in total. The molecule has 10 heteroatoms. The molecule has 2 aromatic heterocycles. The lowest BCUT2D eigenvalue weighted by atomic mass is 10.0. The van der Waals surface area contributed by atoms with Crippen molar-refractivity contribution in [3.05, 3.63) is 72.3 Å². The molecular weight excluding hydrogens is 493 g/mol. The van der Waals surface area contributed by atoms with Gasteiger partial charge in [0.1, 0.15) is 5.82 Å². The van der Waals surface area contributed by atoms with Crippen LogP contribution in [-0.4, -0.2) is 62.0 Å². The van der Waals surface area contributed by atoms with Crippen molar-refractivity contribution >= 4 is 39.2 Å². The number of phenols is 1. The smallest absolute Gasteiger partial charge is 0.165 e. The maximum absolute atomic E-state index is 14.0. The van der Waals surface area contributed by atoms with Crippen molar-refractivity contribution in [2.75, 3.05) is 37.4 Å². The van der Waals surface area contributed by atoms with Crippen LogP contribution in [0.3, 0.4) is 0 Å². The lowest BCUT2D eigenvalue weighted by molar-refractivity contribution is 0.315. The third-order valence-electron chi connectivity index (χ3n) is 6.76. The number of benzene rings is 2. The van der Waals surface area contributed by atoms with Crippen LogP contribution in [0.2, 0.25) is 0 Å². The van der Waals surface area contributed by atoms with E-state index in [4.69, 9.17) is 0 Å². The summed E-state index contributed by atoms with van der Waals surface area (Å²) in [6, 6.07) is 14.1. The zero-order valence-corrected chi connectivity index (χ0v) is 21.4. The highest BCUT2D eigenvalue weighted by Gasteiger charge is 2.24. The number of anilines is 3. The predicted octanol–water partition coefficient (Wildman–Crippen LogP) is 4.75. The number of rotatable bonds is 7. The van der Waals surface area contributed by atoms with Crippen LogP contribution in [0.5, 0.6) is 5.75 Å². The number of phenolic OH excluding ortho intramolecular Hbond substituents is 1. The number of likely N-dealkylation sites (N-methyl/N-ethyl adjacent to an activating group) is 1. The fraction of sp³-hybridized carbons (Fsp3) is 0.259. The number of aromatic nitrogens is 2. The van der Waals surface area contributed by atoms with Gasteiger partial charge in [-0.3, -0.25) is 4.98 Å². The quantitative estimate of drug-likeness (QED) is 0.300. The number of aromatic hydroxyl groups is 1. The lowest BCUT2D eigenvalue weighted by Crippen LogP contribution is -2.31. The molecule has 2 unspecified atom stereocenters. The van der Waals surface area contributed by atoms with Gasteiger partial charge in [0.15, 0.2) is 22.6 Å². The number of nitrogens with zero attached hydrogens (tertiary/aromatic N) is 4.